The van der Waals surface area contributed by atoms with Gasteiger partial charge in [0.15, 0.2) is 0 Å². The van der Waals surface area contributed by atoms with E-state index in [2.05, 4.69) is 15.9 Å². The Hall–Kier alpha value is -1.10. The van der Waals surface area contributed by atoms with Crippen molar-refractivity contribution in [2.24, 2.45) is 0 Å². The molecule has 1 rings (SSSR count). The predicted molar refractivity (Wildman–Crippen MR) is 56.7 cm³/mol. The van der Waals surface area contributed by atoms with Crippen LogP contribution < -0.4 is 4.74 Å². The Morgan fingerprint density at radius 3 is 2.87 bits per heavy atom. The number of hydrogen-bond donors (Lipinski definition) is 1. The highest BCUT2D eigenvalue weighted by atomic mass is 79.9. The normalized spacial score (nSPS) is 10.0. The van der Waals surface area contributed by atoms with Gasteiger partial charge in [0, 0.05) is 6.42 Å². The van der Waals surface area contributed by atoms with E-state index in [-0.39, 0.29) is 6.42 Å². The van der Waals surface area contributed by atoms with Crippen LogP contribution >= 0.6 is 15.9 Å². The van der Waals surface area contributed by atoms with Crippen LogP contribution in [0.1, 0.15) is 12.0 Å². The fourth-order valence-electron chi connectivity index (χ4n) is 1.21. The average molecular weight is 277 g/mol. The molecule has 0 amide bonds. The summed E-state index contributed by atoms with van der Waals surface area (Å²) in [4.78, 5) is 10.4. The summed E-state index contributed by atoms with van der Waals surface area (Å²) in [6, 6.07) is 5.19. The first-order chi connectivity index (χ1) is 7.15. The summed E-state index contributed by atoms with van der Waals surface area (Å²) < 4.78 is 17.5. The molecule has 0 fully saturated rings. The van der Waals surface area contributed by atoms with Crippen LogP contribution in [0.4, 0.5) is 4.39 Å². The second-order valence-electron chi connectivity index (χ2n) is 2.88. The van der Waals surface area contributed by atoms with Gasteiger partial charge < -0.3 is 9.84 Å². The van der Waals surface area contributed by atoms with Crippen LogP contribution in [0.3, 0.4) is 0 Å². The monoisotopic (exact) mass is 276 g/mol. The molecule has 1 aromatic rings. The van der Waals surface area contributed by atoms with Gasteiger partial charge in [-0.25, -0.2) is 4.39 Å². The summed E-state index contributed by atoms with van der Waals surface area (Å²) in [5.41, 5.74) is 0.685. The lowest BCUT2D eigenvalue weighted by Crippen LogP contribution is -2.01. The van der Waals surface area contributed by atoms with Crippen molar-refractivity contribution in [1.82, 2.24) is 0 Å². The topological polar surface area (TPSA) is 46.5 Å². The van der Waals surface area contributed by atoms with Gasteiger partial charge in [-0.2, -0.15) is 0 Å². The van der Waals surface area contributed by atoms with Crippen molar-refractivity contribution in [2.75, 3.05) is 6.86 Å². The van der Waals surface area contributed by atoms with Gasteiger partial charge in [0.25, 0.3) is 0 Å². The Morgan fingerprint density at radius 1 is 1.53 bits per heavy atom. The Kier molecular flexibility index (Phi) is 4.55. The molecule has 0 aliphatic rings. The van der Waals surface area contributed by atoms with E-state index in [1.54, 1.807) is 18.2 Å². The molecule has 1 N–H and O–H groups in total. The predicted octanol–water partition coefficient (Wildman–Crippen LogP) is 2.77. The zero-order valence-electron chi connectivity index (χ0n) is 7.87. The molecule has 82 valence electrons. The summed E-state index contributed by atoms with van der Waals surface area (Å²) in [5, 5.41) is 8.54. The summed E-state index contributed by atoms with van der Waals surface area (Å²) in [7, 11) is 0. The first-order valence-electron chi connectivity index (χ1n) is 4.33. The number of alkyl halides is 1. The van der Waals surface area contributed by atoms with Crippen LogP contribution in [0.5, 0.6) is 5.75 Å². The second kappa shape index (κ2) is 5.70. The maximum absolute atomic E-state index is 12.1. The van der Waals surface area contributed by atoms with Crippen LogP contribution in [0, 0.1) is 0 Å². The SMILES string of the molecule is O=C(O)CCc1cccc(Br)c1OCF. The summed E-state index contributed by atoms with van der Waals surface area (Å²) in [6.45, 7) is -0.928. The van der Waals surface area contributed by atoms with E-state index in [0.29, 0.717) is 22.2 Å². The van der Waals surface area contributed by atoms with Crippen LogP contribution in [0.25, 0.3) is 0 Å². The molecule has 0 atom stereocenters. The first kappa shape index (κ1) is 12.0. The Labute approximate surface area is 95.0 Å². The number of carbonyl (C=O) groups is 1. The third kappa shape index (κ3) is 3.51. The number of carboxylic acids is 1. The first-order valence-corrected chi connectivity index (χ1v) is 5.12. The smallest absolute Gasteiger partial charge is 0.303 e. The van der Waals surface area contributed by atoms with Crippen LogP contribution in [0.15, 0.2) is 22.7 Å². The molecule has 0 unspecified atom stereocenters. The molecular formula is C10H10BrFO3. The number of carboxylic acid groups (broad SMARTS) is 1. The quantitative estimate of drug-likeness (QED) is 0.900. The van der Waals surface area contributed by atoms with E-state index in [1.807, 2.05) is 0 Å². The van der Waals surface area contributed by atoms with Crippen molar-refractivity contribution in [1.29, 1.82) is 0 Å². The van der Waals surface area contributed by atoms with E-state index in [9.17, 15) is 9.18 Å². The van der Waals surface area contributed by atoms with E-state index < -0.39 is 12.8 Å². The standard InChI is InChI=1S/C10H10BrFO3/c11-8-3-1-2-7(4-5-9(13)14)10(8)15-6-12/h1-3H,4-6H2,(H,13,14). The molecule has 1 aromatic carbocycles. The Balaban J connectivity index is 2.85. The van der Waals surface area contributed by atoms with Gasteiger partial charge in [0.2, 0.25) is 6.86 Å². The minimum absolute atomic E-state index is 0.000894. The van der Waals surface area contributed by atoms with Gasteiger partial charge in [-0.05, 0) is 34.0 Å². The van der Waals surface area contributed by atoms with Crippen LogP contribution in [-0.2, 0) is 11.2 Å². The van der Waals surface area contributed by atoms with E-state index >= 15 is 0 Å². The van der Waals surface area contributed by atoms with Crippen molar-refractivity contribution in [3.05, 3.63) is 28.2 Å². The van der Waals surface area contributed by atoms with E-state index in [1.165, 1.54) is 0 Å². The largest absolute Gasteiger partial charge is 0.481 e. The Bertz CT molecular complexity index is 355. The number of aliphatic carboxylic acids is 1. The molecule has 0 bridgehead atoms. The summed E-state index contributed by atoms with van der Waals surface area (Å²) >= 11 is 3.22. The van der Waals surface area contributed by atoms with E-state index in [0.717, 1.165) is 0 Å². The summed E-state index contributed by atoms with van der Waals surface area (Å²) in [6.07, 6.45) is 0.323. The molecular weight excluding hydrogens is 267 g/mol. The molecule has 3 nitrogen and oxygen atoms in total. The van der Waals surface area contributed by atoms with Crippen LogP contribution in [0.2, 0.25) is 0 Å². The lowest BCUT2D eigenvalue weighted by atomic mass is 10.1. The number of halogens is 2. The number of hydrogen-bond acceptors (Lipinski definition) is 2. The highest BCUT2D eigenvalue weighted by Crippen LogP contribution is 2.29. The number of para-hydroxylation sites is 1. The molecule has 0 heterocycles. The molecule has 0 aliphatic carbocycles. The van der Waals surface area contributed by atoms with Gasteiger partial charge in [-0.1, -0.05) is 12.1 Å². The van der Waals surface area contributed by atoms with Crippen molar-refractivity contribution in [3.63, 3.8) is 0 Å². The molecule has 5 heteroatoms. The zero-order chi connectivity index (χ0) is 11.3. The van der Waals surface area contributed by atoms with Gasteiger partial charge in [0.05, 0.1) is 4.47 Å². The van der Waals surface area contributed by atoms with E-state index in [4.69, 9.17) is 9.84 Å². The number of benzene rings is 1. The van der Waals surface area contributed by atoms with Gasteiger partial charge in [-0.3, -0.25) is 4.79 Å². The molecule has 0 spiro atoms. The van der Waals surface area contributed by atoms with Gasteiger partial charge >= 0.3 is 5.97 Å². The third-order valence-electron chi connectivity index (χ3n) is 1.86. The maximum atomic E-state index is 12.1. The fraction of sp³-hybridized carbons (Fsp3) is 0.300. The fourth-order valence-corrected chi connectivity index (χ4v) is 1.73. The number of ether oxygens (including phenoxy) is 1. The highest BCUT2D eigenvalue weighted by molar-refractivity contribution is 9.10. The van der Waals surface area contributed by atoms with Crippen molar-refractivity contribution in [3.8, 4) is 5.75 Å². The molecule has 0 saturated carbocycles. The van der Waals surface area contributed by atoms with Crippen LogP contribution in [-0.4, -0.2) is 17.9 Å². The van der Waals surface area contributed by atoms with Crippen molar-refractivity contribution >= 4 is 21.9 Å². The highest BCUT2D eigenvalue weighted by Gasteiger charge is 2.09. The van der Waals surface area contributed by atoms with Gasteiger partial charge in [0.1, 0.15) is 5.75 Å². The molecule has 0 aromatic heterocycles. The zero-order valence-corrected chi connectivity index (χ0v) is 9.46. The minimum atomic E-state index is -0.928. The Morgan fingerprint density at radius 2 is 2.27 bits per heavy atom. The maximum Gasteiger partial charge on any atom is 0.303 e. The third-order valence-corrected chi connectivity index (χ3v) is 2.48. The second-order valence-corrected chi connectivity index (χ2v) is 3.73. The lowest BCUT2D eigenvalue weighted by molar-refractivity contribution is -0.136. The van der Waals surface area contributed by atoms with Crippen molar-refractivity contribution in [2.45, 2.75) is 12.8 Å². The molecule has 0 saturated heterocycles. The molecule has 0 aliphatic heterocycles. The number of aryl methyl sites for hydroxylation is 1. The van der Waals surface area contributed by atoms with Gasteiger partial charge in [-0.15, -0.1) is 0 Å². The number of rotatable bonds is 5. The summed E-state index contributed by atoms with van der Waals surface area (Å²) in [5.74, 6) is -0.512. The van der Waals surface area contributed by atoms with Crippen molar-refractivity contribution < 1.29 is 19.0 Å². The molecule has 0 radical (unpaired) electrons. The molecule has 15 heavy (non-hydrogen) atoms. The minimum Gasteiger partial charge on any atom is -0.481 e. The lowest BCUT2D eigenvalue weighted by Gasteiger charge is -2.09. The average Bonchev–Trinajstić information content (AvgIpc) is 2.19.